The lowest BCUT2D eigenvalue weighted by molar-refractivity contribution is -0.122. The highest BCUT2D eigenvalue weighted by atomic mass is 16.6. The summed E-state index contributed by atoms with van der Waals surface area (Å²) in [6.45, 7) is 8.36. The molecule has 0 aromatic heterocycles. The Bertz CT molecular complexity index is 593. The number of ether oxygens (including phenoxy) is 2. The first-order chi connectivity index (χ1) is 12.2. The largest absolute Gasteiger partial charge is 0.486 e. The smallest absolute Gasteiger partial charge is 0.234 e. The van der Waals surface area contributed by atoms with Gasteiger partial charge in [0, 0.05) is 12.0 Å². The number of carbonyl (C=O) groups is 1. The van der Waals surface area contributed by atoms with Gasteiger partial charge in [0.15, 0.2) is 11.5 Å². The molecule has 5 nitrogen and oxygen atoms in total. The van der Waals surface area contributed by atoms with E-state index in [4.69, 9.17) is 9.47 Å². The minimum Gasteiger partial charge on any atom is -0.486 e. The molecular formula is C20H30N2O3. The van der Waals surface area contributed by atoms with Gasteiger partial charge >= 0.3 is 0 Å². The molecule has 0 radical (unpaired) electrons. The predicted molar refractivity (Wildman–Crippen MR) is 98.4 cm³/mol. The summed E-state index contributed by atoms with van der Waals surface area (Å²) in [5, 5.41) is 3.19. The van der Waals surface area contributed by atoms with E-state index in [2.05, 4.69) is 36.2 Å². The first-order valence-electron chi connectivity index (χ1n) is 9.56. The number of likely N-dealkylation sites (N-methyl/N-ethyl adjacent to an activating group) is 1. The standard InChI is InChI=1S/C20H30N2O3/c1-3-22(4-2)14-19(23)21-15-20(9-5-6-10-20)16-7-8-17-18(13-16)25-12-11-24-17/h7-8,13H,3-6,9-12,14-15H2,1-2H3,(H,21,23). The van der Waals surface area contributed by atoms with Gasteiger partial charge in [-0.3, -0.25) is 9.69 Å². The molecule has 0 spiro atoms. The van der Waals surface area contributed by atoms with Gasteiger partial charge in [-0.15, -0.1) is 0 Å². The second kappa shape index (κ2) is 8.09. The first kappa shape index (κ1) is 18.1. The highest BCUT2D eigenvalue weighted by Crippen LogP contribution is 2.43. The summed E-state index contributed by atoms with van der Waals surface area (Å²) in [7, 11) is 0. The van der Waals surface area contributed by atoms with E-state index in [1.165, 1.54) is 18.4 Å². The number of hydrogen-bond donors (Lipinski definition) is 1. The van der Waals surface area contributed by atoms with E-state index in [0.717, 1.165) is 37.4 Å². The van der Waals surface area contributed by atoms with Crippen LogP contribution < -0.4 is 14.8 Å². The number of benzene rings is 1. The van der Waals surface area contributed by atoms with Crippen molar-refractivity contribution in [2.24, 2.45) is 0 Å². The van der Waals surface area contributed by atoms with E-state index in [1.54, 1.807) is 0 Å². The van der Waals surface area contributed by atoms with Crippen LogP contribution in [-0.4, -0.2) is 50.2 Å². The van der Waals surface area contributed by atoms with Gasteiger partial charge in [0.1, 0.15) is 13.2 Å². The fraction of sp³-hybridized carbons (Fsp3) is 0.650. The molecule has 2 aliphatic rings. The van der Waals surface area contributed by atoms with E-state index in [-0.39, 0.29) is 11.3 Å². The quantitative estimate of drug-likeness (QED) is 0.825. The van der Waals surface area contributed by atoms with Crippen molar-refractivity contribution in [1.29, 1.82) is 0 Å². The van der Waals surface area contributed by atoms with Crippen LogP contribution in [-0.2, 0) is 10.2 Å². The van der Waals surface area contributed by atoms with Gasteiger partial charge in [0.2, 0.25) is 5.91 Å². The summed E-state index contributed by atoms with van der Waals surface area (Å²) in [5.74, 6) is 1.78. The Morgan fingerprint density at radius 3 is 2.48 bits per heavy atom. The van der Waals surface area contributed by atoms with E-state index in [9.17, 15) is 4.79 Å². The highest BCUT2D eigenvalue weighted by Gasteiger charge is 2.36. The van der Waals surface area contributed by atoms with Crippen LogP contribution in [0.3, 0.4) is 0 Å². The zero-order valence-electron chi connectivity index (χ0n) is 15.5. The third-order valence-corrected chi connectivity index (χ3v) is 5.60. The summed E-state index contributed by atoms with van der Waals surface area (Å²) < 4.78 is 11.4. The lowest BCUT2D eigenvalue weighted by Gasteiger charge is -2.31. The molecule has 1 aromatic carbocycles. The van der Waals surface area contributed by atoms with Gasteiger partial charge in [0.05, 0.1) is 6.54 Å². The molecule has 1 aliphatic heterocycles. The molecule has 3 rings (SSSR count). The molecule has 1 aromatic rings. The number of nitrogens with zero attached hydrogens (tertiary/aromatic N) is 1. The average Bonchev–Trinajstić information content (AvgIpc) is 3.14. The molecular weight excluding hydrogens is 316 g/mol. The monoisotopic (exact) mass is 346 g/mol. The molecule has 0 atom stereocenters. The van der Waals surface area contributed by atoms with E-state index >= 15 is 0 Å². The molecule has 1 fully saturated rings. The third-order valence-electron chi connectivity index (χ3n) is 5.60. The topological polar surface area (TPSA) is 50.8 Å². The molecule has 1 amide bonds. The Morgan fingerprint density at radius 1 is 1.12 bits per heavy atom. The van der Waals surface area contributed by atoms with E-state index in [1.807, 2.05) is 6.07 Å². The van der Waals surface area contributed by atoms with Crippen LogP contribution in [0, 0.1) is 0 Å². The molecule has 1 saturated carbocycles. The minimum atomic E-state index is 0.0226. The van der Waals surface area contributed by atoms with Gasteiger partial charge in [0.25, 0.3) is 0 Å². The maximum Gasteiger partial charge on any atom is 0.234 e. The van der Waals surface area contributed by atoms with E-state index < -0.39 is 0 Å². The van der Waals surface area contributed by atoms with Crippen LogP contribution in [0.15, 0.2) is 18.2 Å². The molecule has 1 aliphatic carbocycles. The second-order valence-corrected chi connectivity index (χ2v) is 7.08. The fourth-order valence-electron chi connectivity index (χ4n) is 3.97. The van der Waals surface area contributed by atoms with Gasteiger partial charge in [-0.1, -0.05) is 32.8 Å². The van der Waals surface area contributed by atoms with Crippen molar-refractivity contribution in [1.82, 2.24) is 10.2 Å². The average molecular weight is 346 g/mol. The highest BCUT2D eigenvalue weighted by molar-refractivity contribution is 5.78. The number of fused-ring (bicyclic) bond motifs is 1. The maximum atomic E-state index is 12.3. The van der Waals surface area contributed by atoms with Crippen LogP contribution in [0.4, 0.5) is 0 Å². The number of nitrogens with one attached hydrogen (secondary N) is 1. The van der Waals surface area contributed by atoms with Gasteiger partial charge in [-0.05, 0) is 43.6 Å². The molecule has 25 heavy (non-hydrogen) atoms. The SMILES string of the molecule is CCN(CC)CC(=O)NCC1(c2ccc3c(c2)OCCO3)CCCC1. The summed E-state index contributed by atoms with van der Waals surface area (Å²) in [6, 6.07) is 6.29. The fourth-order valence-corrected chi connectivity index (χ4v) is 3.97. The lowest BCUT2D eigenvalue weighted by Crippen LogP contribution is -2.43. The van der Waals surface area contributed by atoms with Crippen molar-refractivity contribution in [2.45, 2.75) is 44.9 Å². The van der Waals surface area contributed by atoms with Crippen molar-refractivity contribution in [3.8, 4) is 11.5 Å². The Hall–Kier alpha value is -1.75. The Kier molecular flexibility index (Phi) is 5.84. The zero-order chi connectivity index (χ0) is 17.7. The Labute approximate surface area is 150 Å². The molecule has 0 saturated heterocycles. The minimum absolute atomic E-state index is 0.0226. The van der Waals surface area contributed by atoms with Crippen LogP contribution >= 0.6 is 0 Å². The lowest BCUT2D eigenvalue weighted by atomic mass is 9.78. The molecule has 1 N–H and O–H groups in total. The summed E-state index contributed by atoms with van der Waals surface area (Å²) in [5.41, 5.74) is 1.28. The van der Waals surface area contributed by atoms with Crippen molar-refractivity contribution in [3.63, 3.8) is 0 Å². The molecule has 1 heterocycles. The molecule has 0 bridgehead atoms. The number of amides is 1. The molecule has 5 heteroatoms. The van der Waals surface area contributed by atoms with Gasteiger partial charge < -0.3 is 14.8 Å². The summed E-state index contributed by atoms with van der Waals surface area (Å²) in [6.07, 6.45) is 4.64. The third kappa shape index (κ3) is 4.09. The number of carbonyl (C=O) groups excluding carboxylic acids is 1. The van der Waals surface area contributed by atoms with E-state index in [0.29, 0.717) is 26.3 Å². The summed E-state index contributed by atoms with van der Waals surface area (Å²) in [4.78, 5) is 14.5. The Morgan fingerprint density at radius 2 is 1.80 bits per heavy atom. The predicted octanol–water partition coefficient (Wildman–Crippen LogP) is 2.73. The van der Waals surface area contributed by atoms with Crippen LogP contribution in [0.2, 0.25) is 0 Å². The number of hydrogen-bond acceptors (Lipinski definition) is 4. The van der Waals surface area contributed by atoms with Crippen LogP contribution in [0.1, 0.15) is 45.1 Å². The second-order valence-electron chi connectivity index (χ2n) is 7.08. The van der Waals surface area contributed by atoms with Crippen molar-refractivity contribution >= 4 is 5.91 Å². The summed E-state index contributed by atoms with van der Waals surface area (Å²) >= 11 is 0. The van der Waals surface area contributed by atoms with Crippen molar-refractivity contribution in [2.75, 3.05) is 39.4 Å². The number of rotatable bonds is 7. The van der Waals surface area contributed by atoms with Crippen molar-refractivity contribution in [3.05, 3.63) is 23.8 Å². The van der Waals surface area contributed by atoms with Crippen LogP contribution in [0.25, 0.3) is 0 Å². The normalized spacial score (nSPS) is 18.4. The first-order valence-corrected chi connectivity index (χ1v) is 9.56. The molecule has 138 valence electrons. The van der Waals surface area contributed by atoms with Gasteiger partial charge in [-0.25, -0.2) is 0 Å². The maximum absolute atomic E-state index is 12.3. The van der Waals surface area contributed by atoms with Crippen molar-refractivity contribution < 1.29 is 14.3 Å². The van der Waals surface area contributed by atoms with Crippen LogP contribution in [0.5, 0.6) is 11.5 Å². The molecule has 0 unspecified atom stereocenters. The van der Waals surface area contributed by atoms with Gasteiger partial charge in [-0.2, -0.15) is 0 Å². The zero-order valence-corrected chi connectivity index (χ0v) is 15.5. The Balaban J connectivity index is 1.70.